The number of thiazole rings is 1. The van der Waals surface area contributed by atoms with Crippen LogP contribution in [-0.4, -0.2) is 55.4 Å². The lowest BCUT2D eigenvalue weighted by atomic mass is 10.0. The van der Waals surface area contributed by atoms with Crippen LogP contribution in [0.4, 0.5) is 5.13 Å². The first-order chi connectivity index (χ1) is 13.7. The highest BCUT2D eigenvalue weighted by molar-refractivity contribution is 7.14. The molecule has 1 N–H and O–H groups in total. The molecule has 0 aliphatic carbocycles. The molecule has 2 amide bonds. The fourth-order valence-electron chi connectivity index (χ4n) is 2.86. The van der Waals surface area contributed by atoms with Crippen molar-refractivity contribution >= 4 is 28.3 Å². The molecule has 0 unspecified atom stereocenters. The van der Waals surface area contributed by atoms with Crippen molar-refractivity contribution in [1.29, 1.82) is 5.26 Å². The topological polar surface area (TPSA) is 89.3 Å². The molecule has 0 fully saturated rings. The van der Waals surface area contributed by atoms with E-state index in [0.29, 0.717) is 12.0 Å². The highest BCUT2D eigenvalue weighted by Gasteiger charge is 2.28. The zero-order chi connectivity index (χ0) is 21.6. The number of rotatable bonds is 8. The third kappa shape index (κ3) is 5.78. The van der Waals surface area contributed by atoms with Crippen LogP contribution in [0.3, 0.4) is 0 Å². The summed E-state index contributed by atoms with van der Waals surface area (Å²) < 4.78 is 0. The van der Waals surface area contributed by atoms with E-state index in [1.807, 2.05) is 56.4 Å². The summed E-state index contributed by atoms with van der Waals surface area (Å²) in [4.78, 5) is 33.4. The molecule has 154 valence electrons. The van der Waals surface area contributed by atoms with Crippen molar-refractivity contribution in [2.75, 3.05) is 32.6 Å². The van der Waals surface area contributed by atoms with Crippen LogP contribution in [0, 0.1) is 17.2 Å². The van der Waals surface area contributed by atoms with Crippen LogP contribution < -0.4 is 10.2 Å². The van der Waals surface area contributed by atoms with E-state index in [9.17, 15) is 9.59 Å². The van der Waals surface area contributed by atoms with Gasteiger partial charge in [-0.3, -0.25) is 9.59 Å². The number of anilines is 1. The summed E-state index contributed by atoms with van der Waals surface area (Å²) in [5, 5.41) is 14.2. The van der Waals surface area contributed by atoms with Gasteiger partial charge in [-0.2, -0.15) is 5.26 Å². The van der Waals surface area contributed by atoms with Gasteiger partial charge in [-0.05, 0) is 24.5 Å². The third-order valence-corrected chi connectivity index (χ3v) is 5.44. The second-order valence-corrected chi connectivity index (χ2v) is 8.26. The Hall–Kier alpha value is -2.92. The molecule has 2 rings (SSSR count). The van der Waals surface area contributed by atoms with Crippen molar-refractivity contribution in [2.45, 2.75) is 26.3 Å². The van der Waals surface area contributed by atoms with Gasteiger partial charge in [0.15, 0.2) is 5.13 Å². The van der Waals surface area contributed by atoms with Gasteiger partial charge in [-0.1, -0.05) is 26.0 Å². The van der Waals surface area contributed by atoms with E-state index in [0.717, 1.165) is 16.4 Å². The third-order valence-electron chi connectivity index (χ3n) is 4.43. The molecule has 1 heterocycles. The summed E-state index contributed by atoms with van der Waals surface area (Å²) in [7, 11) is 5.51. The van der Waals surface area contributed by atoms with Crippen molar-refractivity contribution in [3.63, 3.8) is 0 Å². The zero-order valence-electron chi connectivity index (χ0n) is 17.5. The average molecular weight is 414 g/mol. The van der Waals surface area contributed by atoms with Gasteiger partial charge >= 0.3 is 0 Å². The molecule has 1 aromatic carbocycles. The smallest absolute Gasteiger partial charge is 0.254 e. The summed E-state index contributed by atoms with van der Waals surface area (Å²) in [5.74, 6) is -0.325. The lowest BCUT2D eigenvalue weighted by molar-refractivity contribution is -0.125. The molecular weight excluding hydrogens is 386 g/mol. The molecule has 0 aliphatic heterocycles. The van der Waals surface area contributed by atoms with Gasteiger partial charge in [0.25, 0.3) is 5.91 Å². The van der Waals surface area contributed by atoms with Crippen molar-refractivity contribution < 1.29 is 9.59 Å². The summed E-state index contributed by atoms with van der Waals surface area (Å²) >= 11 is 1.56. The van der Waals surface area contributed by atoms with Crippen LogP contribution in [0.2, 0.25) is 0 Å². The van der Waals surface area contributed by atoms with Gasteiger partial charge in [-0.15, -0.1) is 11.3 Å². The summed E-state index contributed by atoms with van der Waals surface area (Å²) in [6.45, 7) is 3.91. The summed E-state index contributed by atoms with van der Waals surface area (Å²) in [5.41, 5.74) is 2.29. The highest BCUT2D eigenvalue weighted by atomic mass is 32.1. The van der Waals surface area contributed by atoms with E-state index in [1.165, 1.54) is 4.90 Å². The number of hydrogen-bond acceptors (Lipinski definition) is 6. The number of likely N-dealkylation sites (N-methyl/N-ethyl adjacent to an activating group) is 1. The van der Waals surface area contributed by atoms with Gasteiger partial charge in [0.1, 0.15) is 12.6 Å². The molecule has 0 bridgehead atoms. The second kappa shape index (κ2) is 10.0. The fourth-order valence-corrected chi connectivity index (χ4v) is 3.63. The second-order valence-electron chi connectivity index (χ2n) is 7.42. The summed E-state index contributed by atoms with van der Waals surface area (Å²) in [6.07, 6.45) is 0.518. The van der Waals surface area contributed by atoms with E-state index in [1.54, 1.807) is 30.5 Å². The quantitative estimate of drug-likeness (QED) is 0.672. The molecule has 0 saturated carbocycles. The summed E-state index contributed by atoms with van der Waals surface area (Å²) in [6, 6.07) is 8.50. The van der Waals surface area contributed by atoms with Crippen LogP contribution in [0.15, 0.2) is 29.6 Å². The number of nitriles is 1. The monoisotopic (exact) mass is 413 g/mol. The van der Waals surface area contributed by atoms with E-state index < -0.39 is 6.04 Å². The maximum atomic E-state index is 12.9. The number of hydrogen-bond donors (Lipinski definition) is 1. The Morgan fingerprint density at radius 1 is 1.21 bits per heavy atom. The number of nitrogens with zero attached hydrogens (tertiary/aromatic N) is 4. The lowest BCUT2D eigenvalue weighted by Gasteiger charge is -2.28. The van der Waals surface area contributed by atoms with E-state index in [2.05, 4.69) is 10.3 Å². The molecule has 7 nitrogen and oxygen atoms in total. The molecule has 0 saturated heterocycles. The molecular formula is C21H27N5O2S. The molecule has 0 aliphatic rings. The predicted molar refractivity (Wildman–Crippen MR) is 116 cm³/mol. The maximum Gasteiger partial charge on any atom is 0.254 e. The molecule has 2 aromatic rings. The number of benzene rings is 1. The van der Waals surface area contributed by atoms with Crippen LogP contribution in [0.1, 0.15) is 30.6 Å². The number of aromatic nitrogens is 1. The number of nitrogens with one attached hydrogen (secondary N) is 1. The minimum absolute atomic E-state index is 0.0767. The number of amides is 2. The highest BCUT2D eigenvalue weighted by Crippen LogP contribution is 2.26. The Balaban J connectivity index is 2.18. The molecule has 0 radical (unpaired) electrons. The molecule has 8 heteroatoms. The number of carbonyl (C=O) groups is 2. The Morgan fingerprint density at radius 2 is 1.86 bits per heavy atom. The van der Waals surface area contributed by atoms with E-state index in [-0.39, 0.29) is 24.3 Å². The largest absolute Gasteiger partial charge is 0.354 e. The molecule has 1 atom stereocenters. The van der Waals surface area contributed by atoms with Crippen LogP contribution in [0.5, 0.6) is 0 Å². The van der Waals surface area contributed by atoms with Gasteiger partial charge < -0.3 is 15.1 Å². The lowest BCUT2D eigenvalue weighted by Crippen LogP contribution is -2.48. The normalized spacial score (nSPS) is 11.6. The molecule has 0 spiro atoms. The van der Waals surface area contributed by atoms with Crippen molar-refractivity contribution in [2.24, 2.45) is 5.92 Å². The Morgan fingerprint density at radius 3 is 2.38 bits per heavy atom. The van der Waals surface area contributed by atoms with E-state index in [4.69, 9.17) is 5.26 Å². The van der Waals surface area contributed by atoms with Crippen molar-refractivity contribution in [3.05, 3.63) is 35.2 Å². The Labute approximate surface area is 176 Å². The predicted octanol–water partition coefficient (Wildman–Crippen LogP) is 3.00. The van der Waals surface area contributed by atoms with Crippen molar-refractivity contribution in [1.82, 2.24) is 15.2 Å². The SMILES string of the molecule is CC(C)C[C@@H](C(=O)NCC#N)N(C)C(=O)c1ccc(-c2csc(N(C)C)n2)cc1. The molecule has 1 aromatic heterocycles. The zero-order valence-corrected chi connectivity index (χ0v) is 18.3. The Kier molecular flexibility index (Phi) is 7.74. The first-order valence-electron chi connectivity index (χ1n) is 9.39. The standard InChI is InChI=1S/C21H27N5O2S/c1-14(2)12-18(19(27)23-11-10-22)26(5)20(28)16-8-6-15(7-9-16)17-13-29-21(24-17)25(3)4/h6-9,13-14,18H,11-12H2,1-5H3,(H,23,27)/t18-/m0/s1. The van der Waals surface area contributed by atoms with Crippen LogP contribution >= 0.6 is 11.3 Å². The van der Waals surface area contributed by atoms with Crippen LogP contribution in [0.25, 0.3) is 11.3 Å². The minimum atomic E-state index is -0.628. The minimum Gasteiger partial charge on any atom is -0.354 e. The molecule has 29 heavy (non-hydrogen) atoms. The average Bonchev–Trinajstić information content (AvgIpc) is 3.19. The van der Waals surface area contributed by atoms with Crippen molar-refractivity contribution in [3.8, 4) is 17.3 Å². The first-order valence-corrected chi connectivity index (χ1v) is 10.3. The Bertz CT molecular complexity index is 883. The fraction of sp³-hybridized carbons (Fsp3) is 0.429. The number of carbonyl (C=O) groups excluding carboxylic acids is 2. The van der Waals surface area contributed by atoms with Gasteiger partial charge in [0.2, 0.25) is 5.91 Å². The van der Waals surface area contributed by atoms with Gasteiger partial charge in [0, 0.05) is 37.6 Å². The van der Waals surface area contributed by atoms with E-state index >= 15 is 0 Å². The van der Waals surface area contributed by atoms with Gasteiger partial charge in [-0.25, -0.2) is 4.98 Å². The van der Waals surface area contributed by atoms with Gasteiger partial charge in [0.05, 0.1) is 11.8 Å². The van der Waals surface area contributed by atoms with Crippen LogP contribution in [-0.2, 0) is 4.79 Å². The maximum absolute atomic E-state index is 12.9. The first kappa shape index (κ1) is 22.4.